The SMILES string of the molecule is O=C(CCN1C(=O)[C@H]2CCCC[C@@H]2C1=O)NCc1ccc(C(F)(F)F)cc1. The average molecular weight is 382 g/mol. The smallest absolute Gasteiger partial charge is 0.352 e. The number of likely N-dealkylation sites (tertiary alicyclic amines) is 1. The van der Waals surface area contributed by atoms with Crippen LogP contribution in [0.1, 0.15) is 43.2 Å². The highest BCUT2D eigenvalue weighted by atomic mass is 19.4. The second-order valence-corrected chi connectivity index (χ2v) is 7.05. The van der Waals surface area contributed by atoms with Gasteiger partial charge in [-0.25, -0.2) is 0 Å². The topological polar surface area (TPSA) is 66.5 Å². The van der Waals surface area contributed by atoms with Crippen molar-refractivity contribution >= 4 is 17.7 Å². The van der Waals surface area contributed by atoms with Gasteiger partial charge in [-0.1, -0.05) is 25.0 Å². The van der Waals surface area contributed by atoms with Crippen LogP contribution in [-0.2, 0) is 27.1 Å². The predicted molar refractivity (Wildman–Crippen MR) is 90.1 cm³/mol. The number of halogens is 3. The molecular formula is C19H21F3N2O3. The van der Waals surface area contributed by atoms with Crippen LogP contribution in [0, 0.1) is 11.8 Å². The summed E-state index contributed by atoms with van der Waals surface area (Å²) in [5.41, 5.74) is -0.208. The third kappa shape index (κ3) is 4.31. The van der Waals surface area contributed by atoms with Gasteiger partial charge < -0.3 is 5.32 Å². The highest BCUT2D eigenvalue weighted by Gasteiger charge is 2.47. The maximum atomic E-state index is 12.5. The monoisotopic (exact) mass is 382 g/mol. The van der Waals surface area contributed by atoms with E-state index in [0.717, 1.165) is 37.8 Å². The van der Waals surface area contributed by atoms with E-state index in [1.807, 2.05) is 0 Å². The van der Waals surface area contributed by atoms with Crippen molar-refractivity contribution < 1.29 is 27.6 Å². The molecule has 27 heavy (non-hydrogen) atoms. The Labute approximate surface area is 154 Å². The fourth-order valence-corrected chi connectivity index (χ4v) is 3.77. The Morgan fingerprint density at radius 1 is 1.04 bits per heavy atom. The maximum absolute atomic E-state index is 12.5. The number of carbonyl (C=O) groups excluding carboxylic acids is 3. The molecule has 146 valence electrons. The molecule has 1 aromatic rings. The lowest BCUT2D eigenvalue weighted by Crippen LogP contribution is -2.35. The average Bonchev–Trinajstić information content (AvgIpc) is 2.89. The number of alkyl halides is 3. The zero-order valence-corrected chi connectivity index (χ0v) is 14.7. The van der Waals surface area contributed by atoms with Gasteiger partial charge in [0.25, 0.3) is 0 Å². The number of nitrogens with one attached hydrogen (secondary N) is 1. The van der Waals surface area contributed by atoms with E-state index < -0.39 is 11.7 Å². The summed E-state index contributed by atoms with van der Waals surface area (Å²) in [4.78, 5) is 37.9. The number of carbonyl (C=O) groups is 3. The van der Waals surface area contributed by atoms with Crippen LogP contribution in [-0.4, -0.2) is 29.2 Å². The molecule has 0 unspecified atom stereocenters. The minimum Gasteiger partial charge on any atom is -0.352 e. The summed E-state index contributed by atoms with van der Waals surface area (Å²) >= 11 is 0. The van der Waals surface area contributed by atoms with Gasteiger partial charge >= 0.3 is 6.18 Å². The van der Waals surface area contributed by atoms with E-state index in [1.54, 1.807) is 0 Å². The van der Waals surface area contributed by atoms with Crippen molar-refractivity contribution in [3.05, 3.63) is 35.4 Å². The predicted octanol–water partition coefficient (Wildman–Crippen LogP) is 2.89. The van der Waals surface area contributed by atoms with Gasteiger partial charge in [0.15, 0.2) is 0 Å². The Morgan fingerprint density at radius 2 is 1.59 bits per heavy atom. The molecule has 1 heterocycles. The molecule has 2 aliphatic rings. The van der Waals surface area contributed by atoms with E-state index in [9.17, 15) is 27.6 Å². The molecular weight excluding hydrogens is 361 g/mol. The van der Waals surface area contributed by atoms with E-state index in [0.29, 0.717) is 5.56 Å². The Balaban J connectivity index is 1.47. The molecule has 1 aliphatic heterocycles. The highest BCUT2D eigenvalue weighted by Crippen LogP contribution is 2.38. The van der Waals surface area contributed by atoms with Crippen molar-refractivity contribution in [2.24, 2.45) is 11.8 Å². The van der Waals surface area contributed by atoms with Crippen molar-refractivity contribution in [3.63, 3.8) is 0 Å². The summed E-state index contributed by atoms with van der Waals surface area (Å²) < 4.78 is 37.6. The summed E-state index contributed by atoms with van der Waals surface area (Å²) in [6.45, 7) is 0.133. The molecule has 8 heteroatoms. The summed E-state index contributed by atoms with van der Waals surface area (Å²) in [6, 6.07) is 4.54. The number of nitrogens with zero attached hydrogens (tertiary/aromatic N) is 1. The fourth-order valence-electron chi connectivity index (χ4n) is 3.77. The molecule has 3 rings (SSSR count). The van der Waals surface area contributed by atoms with Crippen LogP contribution in [0.5, 0.6) is 0 Å². The summed E-state index contributed by atoms with van der Waals surface area (Å²) in [7, 11) is 0. The van der Waals surface area contributed by atoms with Gasteiger partial charge in [-0.15, -0.1) is 0 Å². The first kappa shape index (κ1) is 19.4. The van der Waals surface area contributed by atoms with E-state index in [4.69, 9.17) is 0 Å². The minimum absolute atomic E-state index is 0.0163. The first-order valence-electron chi connectivity index (χ1n) is 9.05. The molecule has 1 aliphatic carbocycles. The van der Waals surface area contributed by atoms with Crippen molar-refractivity contribution in [1.82, 2.24) is 10.2 Å². The lowest BCUT2D eigenvalue weighted by atomic mass is 9.81. The Bertz CT molecular complexity index is 707. The molecule has 1 N–H and O–H groups in total. The number of hydrogen-bond donors (Lipinski definition) is 1. The zero-order chi connectivity index (χ0) is 19.6. The van der Waals surface area contributed by atoms with Gasteiger partial charge in [0.2, 0.25) is 17.7 Å². The van der Waals surface area contributed by atoms with E-state index in [1.165, 1.54) is 17.0 Å². The highest BCUT2D eigenvalue weighted by molar-refractivity contribution is 6.05. The molecule has 1 aromatic carbocycles. The van der Waals surface area contributed by atoms with Crippen LogP contribution < -0.4 is 5.32 Å². The number of rotatable bonds is 5. The van der Waals surface area contributed by atoms with Crippen LogP contribution in [0.15, 0.2) is 24.3 Å². The molecule has 0 aromatic heterocycles. The standard InChI is InChI=1S/C19H21F3N2O3/c20-19(21,22)13-7-5-12(6-8-13)11-23-16(25)9-10-24-17(26)14-3-1-2-4-15(14)18(24)27/h5-8,14-15H,1-4,9-11H2,(H,23,25)/t14-,15-/m0/s1. The second-order valence-electron chi connectivity index (χ2n) is 7.05. The number of imide groups is 1. The van der Waals surface area contributed by atoms with Crippen LogP contribution in [0.2, 0.25) is 0 Å². The zero-order valence-electron chi connectivity index (χ0n) is 14.7. The number of hydrogen-bond acceptors (Lipinski definition) is 3. The Hall–Kier alpha value is -2.38. The maximum Gasteiger partial charge on any atom is 0.416 e. The van der Waals surface area contributed by atoms with Gasteiger partial charge in [0.1, 0.15) is 0 Å². The normalized spacial score (nSPS) is 22.7. The van der Waals surface area contributed by atoms with Crippen LogP contribution >= 0.6 is 0 Å². The quantitative estimate of drug-likeness (QED) is 0.797. The lowest BCUT2D eigenvalue weighted by Gasteiger charge is -2.19. The fraction of sp³-hybridized carbons (Fsp3) is 0.526. The van der Waals surface area contributed by atoms with Crippen molar-refractivity contribution in [3.8, 4) is 0 Å². The molecule has 1 saturated heterocycles. The second kappa shape index (κ2) is 7.70. The van der Waals surface area contributed by atoms with Gasteiger partial charge in [-0.05, 0) is 30.5 Å². The number of benzene rings is 1. The van der Waals surface area contributed by atoms with E-state index >= 15 is 0 Å². The third-order valence-corrected chi connectivity index (χ3v) is 5.27. The molecule has 1 saturated carbocycles. The Morgan fingerprint density at radius 3 is 2.11 bits per heavy atom. The first-order valence-corrected chi connectivity index (χ1v) is 9.05. The van der Waals surface area contributed by atoms with E-state index in [2.05, 4.69) is 5.32 Å². The molecule has 0 bridgehead atoms. The van der Waals surface area contributed by atoms with Crippen molar-refractivity contribution in [2.75, 3.05) is 6.54 Å². The first-order chi connectivity index (χ1) is 12.8. The lowest BCUT2D eigenvalue weighted by molar-refractivity contribution is -0.140. The molecule has 3 amide bonds. The van der Waals surface area contributed by atoms with Crippen molar-refractivity contribution in [1.29, 1.82) is 0 Å². The number of amides is 3. The molecule has 2 fully saturated rings. The summed E-state index contributed by atoms with van der Waals surface area (Å²) in [5, 5.41) is 2.60. The largest absolute Gasteiger partial charge is 0.416 e. The number of fused-ring (bicyclic) bond motifs is 1. The van der Waals surface area contributed by atoms with Gasteiger partial charge in [-0.2, -0.15) is 13.2 Å². The molecule has 5 nitrogen and oxygen atoms in total. The van der Waals surface area contributed by atoms with Crippen molar-refractivity contribution in [2.45, 2.75) is 44.8 Å². The third-order valence-electron chi connectivity index (χ3n) is 5.27. The summed E-state index contributed by atoms with van der Waals surface area (Å²) in [5.74, 6) is -1.19. The van der Waals surface area contributed by atoms with Gasteiger partial charge in [-0.3, -0.25) is 19.3 Å². The van der Waals surface area contributed by atoms with Crippen LogP contribution in [0.3, 0.4) is 0 Å². The van der Waals surface area contributed by atoms with Crippen LogP contribution in [0.4, 0.5) is 13.2 Å². The summed E-state index contributed by atoms with van der Waals surface area (Å²) in [6.07, 6.45) is -1.06. The van der Waals surface area contributed by atoms with Gasteiger partial charge in [0.05, 0.1) is 17.4 Å². The van der Waals surface area contributed by atoms with Gasteiger partial charge in [0, 0.05) is 19.5 Å². The molecule has 0 radical (unpaired) electrons. The van der Waals surface area contributed by atoms with E-state index in [-0.39, 0.29) is 49.1 Å². The minimum atomic E-state index is -4.40. The van der Waals surface area contributed by atoms with Crippen LogP contribution in [0.25, 0.3) is 0 Å². The molecule has 0 spiro atoms. The Kier molecular flexibility index (Phi) is 5.53. The molecule has 2 atom stereocenters.